The monoisotopic (exact) mass is 368 g/mol. The molecular weight excluding hydrogens is 344 g/mol. The van der Waals surface area contributed by atoms with E-state index in [9.17, 15) is 9.59 Å². The lowest BCUT2D eigenvalue weighted by atomic mass is 10.2. The fourth-order valence-corrected chi connectivity index (χ4v) is 1.97. The zero-order chi connectivity index (χ0) is 19.2. The molecule has 1 aliphatic heterocycles. The van der Waals surface area contributed by atoms with Crippen molar-refractivity contribution in [3.8, 4) is 6.07 Å². The lowest BCUT2D eigenvalue weighted by Crippen LogP contribution is -2.40. The SMILES string of the molecule is CC.CC.N#Cc1cc(C(=O)N2CCOCC2)cc(NC(=O)CCl)n1. The Bertz CT molecular complexity index is 596. The predicted molar refractivity (Wildman–Crippen MR) is 97.7 cm³/mol. The normalized spacial score (nSPS) is 12.6. The molecule has 1 fully saturated rings. The molecule has 7 nitrogen and oxygen atoms in total. The van der Waals surface area contributed by atoms with Crippen molar-refractivity contribution in [2.75, 3.05) is 37.5 Å². The van der Waals surface area contributed by atoms with Crippen LogP contribution in [-0.2, 0) is 9.53 Å². The molecular formula is C17H25ClN4O3. The van der Waals surface area contributed by atoms with Crippen LogP contribution in [0.5, 0.6) is 0 Å². The Morgan fingerprint density at radius 3 is 2.40 bits per heavy atom. The maximum Gasteiger partial charge on any atom is 0.254 e. The summed E-state index contributed by atoms with van der Waals surface area (Å²) < 4.78 is 5.19. The van der Waals surface area contributed by atoms with Crippen LogP contribution in [-0.4, -0.2) is 53.9 Å². The van der Waals surface area contributed by atoms with Gasteiger partial charge in [-0.2, -0.15) is 5.26 Å². The van der Waals surface area contributed by atoms with E-state index in [0.717, 1.165) is 0 Å². The van der Waals surface area contributed by atoms with Crippen LogP contribution in [0.25, 0.3) is 0 Å². The Balaban J connectivity index is 0.00000134. The van der Waals surface area contributed by atoms with Crippen molar-refractivity contribution in [2.45, 2.75) is 27.7 Å². The molecule has 0 bridgehead atoms. The van der Waals surface area contributed by atoms with E-state index in [1.54, 1.807) is 4.90 Å². The molecule has 0 aromatic carbocycles. The number of halogens is 1. The van der Waals surface area contributed by atoms with Crippen LogP contribution < -0.4 is 5.32 Å². The van der Waals surface area contributed by atoms with Crippen molar-refractivity contribution >= 4 is 29.2 Å². The van der Waals surface area contributed by atoms with E-state index in [1.165, 1.54) is 12.1 Å². The number of rotatable bonds is 3. The Kier molecular flexibility index (Phi) is 12.0. The van der Waals surface area contributed by atoms with Crippen molar-refractivity contribution in [2.24, 2.45) is 0 Å². The van der Waals surface area contributed by atoms with Crippen molar-refractivity contribution < 1.29 is 14.3 Å². The number of aromatic nitrogens is 1. The van der Waals surface area contributed by atoms with Gasteiger partial charge in [0.25, 0.3) is 5.91 Å². The van der Waals surface area contributed by atoms with Crippen molar-refractivity contribution in [3.63, 3.8) is 0 Å². The van der Waals surface area contributed by atoms with Crippen LogP contribution in [0.2, 0.25) is 0 Å². The van der Waals surface area contributed by atoms with Gasteiger partial charge in [0, 0.05) is 18.7 Å². The van der Waals surface area contributed by atoms with Crippen LogP contribution in [0.3, 0.4) is 0 Å². The summed E-state index contributed by atoms with van der Waals surface area (Å²) in [5.41, 5.74) is 0.354. The van der Waals surface area contributed by atoms with Gasteiger partial charge in [-0.3, -0.25) is 9.59 Å². The molecule has 138 valence electrons. The standard InChI is InChI=1S/C13H13ClN4O3.2C2H6/c14-7-12(19)17-11-6-9(5-10(8-15)16-11)13(20)18-1-3-21-4-2-18;2*1-2/h5-6H,1-4,7H2,(H,16,17,19);2*1-2H3. The third-order valence-electron chi connectivity index (χ3n) is 2.87. The summed E-state index contributed by atoms with van der Waals surface area (Å²) in [5.74, 6) is -0.774. The maximum absolute atomic E-state index is 12.4. The Hall–Kier alpha value is -2.17. The second-order valence-electron chi connectivity index (χ2n) is 4.32. The lowest BCUT2D eigenvalue weighted by Gasteiger charge is -2.27. The molecule has 0 atom stereocenters. The number of hydrogen-bond acceptors (Lipinski definition) is 5. The molecule has 0 spiro atoms. The summed E-state index contributed by atoms with van der Waals surface area (Å²) in [7, 11) is 0. The number of pyridine rings is 1. The van der Waals surface area contributed by atoms with Gasteiger partial charge in [-0.15, -0.1) is 11.6 Å². The molecule has 0 unspecified atom stereocenters. The first-order chi connectivity index (χ1) is 12.1. The number of carbonyl (C=O) groups is 2. The molecule has 2 amide bonds. The predicted octanol–water partition coefficient (Wildman–Crippen LogP) is 2.66. The number of alkyl halides is 1. The van der Waals surface area contributed by atoms with E-state index in [0.29, 0.717) is 31.9 Å². The summed E-state index contributed by atoms with van der Waals surface area (Å²) in [6, 6.07) is 4.70. The zero-order valence-corrected chi connectivity index (χ0v) is 15.9. The molecule has 1 aromatic rings. The van der Waals surface area contributed by atoms with Crippen molar-refractivity contribution in [1.82, 2.24) is 9.88 Å². The van der Waals surface area contributed by atoms with Gasteiger partial charge in [0.05, 0.1) is 13.2 Å². The Morgan fingerprint density at radius 2 is 1.88 bits per heavy atom. The topological polar surface area (TPSA) is 95.3 Å². The summed E-state index contributed by atoms with van der Waals surface area (Å²) in [6.07, 6.45) is 0. The minimum Gasteiger partial charge on any atom is -0.378 e. The number of nitriles is 1. The molecule has 2 heterocycles. The van der Waals surface area contributed by atoms with Crippen molar-refractivity contribution in [1.29, 1.82) is 5.26 Å². The summed E-state index contributed by atoms with van der Waals surface area (Å²) in [5, 5.41) is 11.4. The lowest BCUT2D eigenvalue weighted by molar-refractivity contribution is -0.113. The number of ether oxygens (including phenoxy) is 1. The highest BCUT2D eigenvalue weighted by Crippen LogP contribution is 2.14. The van der Waals surface area contributed by atoms with E-state index in [-0.39, 0.29) is 23.3 Å². The van der Waals surface area contributed by atoms with Crippen LogP contribution in [0, 0.1) is 11.3 Å². The molecule has 0 radical (unpaired) electrons. The zero-order valence-electron chi connectivity index (χ0n) is 15.1. The van der Waals surface area contributed by atoms with Gasteiger partial charge in [0.1, 0.15) is 23.5 Å². The first kappa shape index (κ1) is 22.8. The highest BCUT2D eigenvalue weighted by Gasteiger charge is 2.20. The molecule has 0 saturated carbocycles. The highest BCUT2D eigenvalue weighted by atomic mass is 35.5. The molecule has 2 rings (SSSR count). The second-order valence-corrected chi connectivity index (χ2v) is 4.59. The van der Waals surface area contributed by atoms with E-state index in [2.05, 4.69) is 10.3 Å². The number of hydrogen-bond donors (Lipinski definition) is 1. The van der Waals surface area contributed by atoms with Gasteiger partial charge in [-0.05, 0) is 12.1 Å². The first-order valence-corrected chi connectivity index (χ1v) is 8.82. The van der Waals surface area contributed by atoms with Crippen molar-refractivity contribution in [3.05, 3.63) is 23.4 Å². The molecule has 1 saturated heterocycles. The van der Waals surface area contributed by atoms with Crippen LogP contribution in [0.1, 0.15) is 43.7 Å². The molecule has 8 heteroatoms. The molecule has 25 heavy (non-hydrogen) atoms. The second kappa shape index (κ2) is 13.2. The van der Waals surface area contributed by atoms with Crippen LogP contribution >= 0.6 is 11.6 Å². The largest absolute Gasteiger partial charge is 0.378 e. The van der Waals surface area contributed by atoms with Gasteiger partial charge in [0.2, 0.25) is 5.91 Å². The fourth-order valence-electron chi connectivity index (χ4n) is 1.90. The van der Waals surface area contributed by atoms with E-state index in [1.807, 2.05) is 33.8 Å². The summed E-state index contributed by atoms with van der Waals surface area (Å²) >= 11 is 5.41. The molecule has 0 aliphatic carbocycles. The average Bonchev–Trinajstić information content (AvgIpc) is 2.70. The minimum absolute atomic E-state index is 0.0546. The minimum atomic E-state index is -0.455. The fraction of sp³-hybridized carbons (Fsp3) is 0.529. The summed E-state index contributed by atoms with van der Waals surface area (Å²) in [4.78, 5) is 29.2. The van der Waals surface area contributed by atoms with Gasteiger partial charge in [0.15, 0.2) is 0 Å². The highest BCUT2D eigenvalue weighted by molar-refractivity contribution is 6.29. The quantitative estimate of drug-likeness (QED) is 0.827. The van der Waals surface area contributed by atoms with Gasteiger partial charge in [-0.1, -0.05) is 27.7 Å². The molecule has 1 aliphatic rings. The van der Waals surface area contributed by atoms with Gasteiger partial charge >= 0.3 is 0 Å². The Morgan fingerprint density at radius 1 is 1.28 bits per heavy atom. The third-order valence-corrected chi connectivity index (χ3v) is 3.12. The van der Waals surface area contributed by atoms with E-state index in [4.69, 9.17) is 21.6 Å². The van der Waals surface area contributed by atoms with E-state index < -0.39 is 5.91 Å². The molecule has 1 aromatic heterocycles. The van der Waals surface area contributed by atoms with E-state index >= 15 is 0 Å². The average molecular weight is 369 g/mol. The number of anilines is 1. The summed E-state index contributed by atoms with van der Waals surface area (Å²) in [6.45, 7) is 9.95. The number of nitrogens with zero attached hydrogens (tertiary/aromatic N) is 3. The van der Waals surface area contributed by atoms with Gasteiger partial charge in [-0.25, -0.2) is 4.98 Å². The number of morpholine rings is 1. The Labute approximate surface area is 153 Å². The van der Waals surface area contributed by atoms with Gasteiger partial charge < -0.3 is 15.0 Å². The number of nitrogens with one attached hydrogen (secondary N) is 1. The number of amides is 2. The maximum atomic E-state index is 12.4. The third kappa shape index (κ3) is 7.50. The molecule has 1 N–H and O–H groups in total. The first-order valence-electron chi connectivity index (χ1n) is 8.29. The number of carbonyl (C=O) groups excluding carboxylic acids is 2. The smallest absolute Gasteiger partial charge is 0.254 e. The van der Waals surface area contributed by atoms with Crippen LogP contribution in [0.4, 0.5) is 5.82 Å². The van der Waals surface area contributed by atoms with Crippen LogP contribution in [0.15, 0.2) is 12.1 Å².